The largest absolute Gasteiger partial charge is 0.359 e. The second-order valence-electron chi connectivity index (χ2n) is 5.03. The Morgan fingerprint density at radius 1 is 1.32 bits per heavy atom. The topological polar surface area (TPSA) is 88.2 Å². The van der Waals surface area contributed by atoms with Crippen molar-refractivity contribution in [3.63, 3.8) is 0 Å². The Labute approximate surface area is 115 Å². The van der Waals surface area contributed by atoms with Crippen molar-refractivity contribution in [2.45, 2.75) is 31.3 Å². The molecule has 2 heterocycles. The Bertz CT molecular complexity index is 592. The maximum atomic E-state index is 11.9. The fourth-order valence-electron chi connectivity index (χ4n) is 2.01. The molecule has 0 aromatic carbocycles. The summed E-state index contributed by atoms with van der Waals surface area (Å²) in [5.74, 6) is -0.0956. The van der Waals surface area contributed by atoms with E-state index in [1.807, 2.05) is 0 Å². The summed E-state index contributed by atoms with van der Waals surface area (Å²) in [7, 11) is -2.97. The average Bonchev–Trinajstić information content (AvgIpc) is 2.89. The standard InChI is InChI=1S/C11H15N3O3S2/c15-10(12-8-3-4-19(16,17)6-8)9-5-18-11(14-9)13-7-1-2-7/h5,7-8H,1-4,6H2,(H,12,15)(H,13,14)/t8-/m0/s1. The quantitative estimate of drug-likeness (QED) is 0.852. The minimum atomic E-state index is -2.97. The molecule has 0 unspecified atom stereocenters. The van der Waals surface area contributed by atoms with Crippen molar-refractivity contribution < 1.29 is 13.2 Å². The molecular weight excluding hydrogens is 286 g/mol. The van der Waals surface area contributed by atoms with Crippen LogP contribution in [0.15, 0.2) is 5.38 Å². The molecule has 1 aliphatic heterocycles. The highest BCUT2D eigenvalue weighted by Crippen LogP contribution is 2.26. The van der Waals surface area contributed by atoms with Gasteiger partial charge < -0.3 is 10.6 Å². The lowest BCUT2D eigenvalue weighted by Gasteiger charge is -2.08. The molecule has 19 heavy (non-hydrogen) atoms. The Morgan fingerprint density at radius 3 is 2.74 bits per heavy atom. The first-order valence-electron chi connectivity index (χ1n) is 6.25. The summed E-state index contributed by atoms with van der Waals surface area (Å²) in [4.78, 5) is 16.2. The van der Waals surface area contributed by atoms with E-state index in [0.29, 0.717) is 18.2 Å². The average molecular weight is 301 g/mol. The summed E-state index contributed by atoms with van der Waals surface area (Å²) >= 11 is 1.40. The van der Waals surface area contributed by atoms with Gasteiger partial charge in [0, 0.05) is 17.5 Å². The third-order valence-corrected chi connectivity index (χ3v) is 5.75. The lowest BCUT2D eigenvalue weighted by molar-refractivity contribution is 0.0937. The van der Waals surface area contributed by atoms with Crippen molar-refractivity contribution in [1.82, 2.24) is 10.3 Å². The molecule has 1 aromatic rings. The number of aromatic nitrogens is 1. The summed E-state index contributed by atoms with van der Waals surface area (Å²) in [6.45, 7) is 0. The van der Waals surface area contributed by atoms with E-state index < -0.39 is 9.84 Å². The van der Waals surface area contributed by atoms with Gasteiger partial charge in [0.25, 0.3) is 5.91 Å². The molecule has 0 spiro atoms. The van der Waals surface area contributed by atoms with Gasteiger partial charge in [-0.15, -0.1) is 11.3 Å². The van der Waals surface area contributed by atoms with Gasteiger partial charge in [-0.3, -0.25) is 4.79 Å². The van der Waals surface area contributed by atoms with Gasteiger partial charge in [-0.25, -0.2) is 13.4 Å². The molecular formula is C11H15N3O3S2. The number of carbonyl (C=O) groups excluding carboxylic acids is 1. The highest BCUT2D eigenvalue weighted by atomic mass is 32.2. The third-order valence-electron chi connectivity index (χ3n) is 3.21. The molecule has 104 valence electrons. The lowest BCUT2D eigenvalue weighted by atomic mass is 10.2. The van der Waals surface area contributed by atoms with Crippen molar-refractivity contribution >= 4 is 32.2 Å². The number of hydrogen-bond donors (Lipinski definition) is 2. The number of sulfone groups is 1. The molecule has 3 rings (SSSR count). The number of nitrogens with one attached hydrogen (secondary N) is 2. The predicted molar refractivity (Wildman–Crippen MR) is 73.3 cm³/mol. The lowest BCUT2D eigenvalue weighted by Crippen LogP contribution is -2.35. The summed E-state index contributed by atoms with van der Waals surface area (Å²) < 4.78 is 22.6. The Hall–Kier alpha value is -1.15. The van der Waals surface area contributed by atoms with Crippen molar-refractivity contribution in [2.24, 2.45) is 0 Å². The maximum Gasteiger partial charge on any atom is 0.271 e. The monoisotopic (exact) mass is 301 g/mol. The molecule has 1 aromatic heterocycles. The van der Waals surface area contributed by atoms with Crippen LogP contribution in [-0.4, -0.2) is 42.9 Å². The van der Waals surface area contributed by atoms with Gasteiger partial charge in [-0.05, 0) is 19.3 Å². The van der Waals surface area contributed by atoms with Crippen LogP contribution in [0.5, 0.6) is 0 Å². The number of nitrogens with zero attached hydrogens (tertiary/aromatic N) is 1. The van der Waals surface area contributed by atoms with Crippen LogP contribution in [0, 0.1) is 0 Å². The van der Waals surface area contributed by atoms with Crippen molar-refractivity contribution in [3.8, 4) is 0 Å². The third kappa shape index (κ3) is 3.24. The molecule has 2 N–H and O–H groups in total. The normalized spacial score (nSPS) is 25.2. The second kappa shape index (κ2) is 4.75. The van der Waals surface area contributed by atoms with E-state index in [4.69, 9.17) is 0 Å². The molecule has 1 aliphatic carbocycles. The first-order chi connectivity index (χ1) is 9.02. The predicted octanol–water partition coefficient (Wildman–Crippen LogP) is 0.634. The van der Waals surface area contributed by atoms with Crippen LogP contribution in [0.2, 0.25) is 0 Å². The summed E-state index contributed by atoms with van der Waals surface area (Å²) in [5.41, 5.74) is 0.359. The van der Waals surface area contributed by atoms with Crippen LogP contribution in [-0.2, 0) is 9.84 Å². The number of thiazole rings is 1. The van der Waals surface area contributed by atoms with Crippen LogP contribution in [0.3, 0.4) is 0 Å². The number of carbonyl (C=O) groups is 1. The van der Waals surface area contributed by atoms with Crippen LogP contribution < -0.4 is 10.6 Å². The van der Waals surface area contributed by atoms with E-state index in [1.165, 1.54) is 11.3 Å². The first-order valence-corrected chi connectivity index (χ1v) is 8.95. The molecule has 0 bridgehead atoms. The molecule has 2 fully saturated rings. The van der Waals surface area contributed by atoms with E-state index in [0.717, 1.165) is 18.0 Å². The molecule has 1 saturated heterocycles. The Balaban J connectivity index is 1.59. The van der Waals surface area contributed by atoms with E-state index in [-0.39, 0.29) is 23.5 Å². The summed E-state index contributed by atoms with van der Waals surface area (Å²) in [5, 5.41) is 8.41. The van der Waals surface area contributed by atoms with E-state index in [9.17, 15) is 13.2 Å². The number of hydrogen-bond acceptors (Lipinski definition) is 6. The summed E-state index contributed by atoms with van der Waals surface area (Å²) in [6.07, 6.45) is 2.80. The van der Waals surface area contributed by atoms with Gasteiger partial charge in [-0.1, -0.05) is 0 Å². The Morgan fingerprint density at radius 2 is 2.11 bits per heavy atom. The second-order valence-corrected chi connectivity index (χ2v) is 8.12. The minimum absolute atomic E-state index is 0.0378. The molecule has 1 amide bonds. The fourth-order valence-corrected chi connectivity index (χ4v) is 4.46. The highest BCUT2D eigenvalue weighted by Gasteiger charge is 2.29. The molecule has 1 atom stereocenters. The van der Waals surface area contributed by atoms with Crippen molar-refractivity contribution in [1.29, 1.82) is 0 Å². The van der Waals surface area contributed by atoms with Crippen LogP contribution >= 0.6 is 11.3 Å². The van der Waals surface area contributed by atoms with Crippen LogP contribution in [0.25, 0.3) is 0 Å². The van der Waals surface area contributed by atoms with Crippen LogP contribution in [0.4, 0.5) is 5.13 Å². The number of rotatable bonds is 4. The highest BCUT2D eigenvalue weighted by molar-refractivity contribution is 7.91. The molecule has 1 saturated carbocycles. The van der Waals surface area contributed by atoms with Gasteiger partial charge in [0.05, 0.1) is 11.5 Å². The molecule has 0 radical (unpaired) electrons. The Kier molecular flexibility index (Phi) is 3.22. The van der Waals surface area contributed by atoms with E-state index in [2.05, 4.69) is 15.6 Å². The minimum Gasteiger partial charge on any atom is -0.359 e. The van der Waals surface area contributed by atoms with Gasteiger partial charge in [-0.2, -0.15) is 0 Å². The molecule has 8 heteroatoms. The number of anilines is 1. The van der Waals surface area contributed by atoms with Gasteiger partial charge >= 0.3 is 0 Å². The molecule has 2 aliphatic rings. The molecule has 6 nitrogen and oxygen atoms in total. The zero-order valence-electron chi connectivity index (χ0n) is 10.3. The van der Waals surface area contributed by atoms with Crippen LogP contribution in [0.1, 0.15) is 29.8 Å². The zero-order valence-corrected chi connectivity index (χ0v) is 11.9. The van der Waals surface area contributed by atoms with Gasteiger partial charge in [0.15, 0.2) is 15.0 Å². The maximum absolute atomic E-state index is 11.9. The SMILES string of the molecule is O=C(N[C@H]1CCS(=O)(=O)C1)c1csc(NC2CC2)n1. The van der Waals surface area contributed by atoms with E-state index >= 15 is 0 Å². The first kappa shape index (κ1) is 12.9. The van der Waals surface area contributed by atoms with Crippen molar-refractivity contribution in [2.75, 3.05) is 16.8 Å². The van der Waals surface area contributed by atoms with Gasteiger partial charge in [0.1, 0.15) is 5.69 Å². The smallest absolute Gasteiger partial charge is 0.271 e. The van der Waals surface area contributed by atoms with Crippen molar-refractivity contribution in [3.05, 3.63) is 11.1 Å². The summed E-state index contributed by atoms with van der Waals surface area (Å²) in [6, 6.07) is 0.223. The van der Waals surface area contributed by atoms with Gasteiger partial charge in [0.2, 0.25) is 0 Å². The zero-order chi connectivity index (χ0) is 13.5. The number of amides is 1. The van der Waals surface area contributed by atoms with E-state index in [1.54, 1.807) is 5.38 Å². The fraction of sp³-hybridized carbons (Fsp3) is 0.636.